The molecule has 4 aromatic rings. The summed E-state index contributed by atoms with van der Waals surface area (Å²) in [5.74, 6) is -0.458. The first-order valence-electron chi connectivity index (χ1n) is 13.2. The Balaban J connectivity index is 1.34. The predicted molar refractivity (Wildman–Crippen MR) is 137 cm³/mol. The SMILES string of the molecule is Fc1cc(-c2ncc3c(N4CCCCC4)nc(OCC45CCCN4CCC5)nc3c2F)c2cn[nH]c2c1. The normalized spacial score (nSPS) is 19.7. The molecular formula is C27H29F2N7O. The van der Waals surface area contributed by atoms with Crippen molar-refractivity contribution in [2.24, 2.45) is 0 Å². The predicted octanol–water partition coefficient (Wildman–Crippen LogP) is 4.84. The number of fused-ring (bicyclic) bond motifs is 3. The van der Waals surface area contributed by atoms with E-state index in [0.29, 0.717) is 34.3 Å². The lowest BCUT2D eigenvalue weighted by Crippen LogP contribution is -2.43. The maximum atomic E-state index is 16.2. The molecule has 7 rings (SSSR count). The number of aromatic amines is 1. The smallest absolute Gasteiger partial charge is 0.319 e. The number of nitrogens with one attached hydrogen (secondary N) is 1. The molecule has 0 radical (unpaired) electrons. The highest BCUT2D eigenvalue weighted by Crippen LogP contribution is 2.40. The summed E-state index contributed by atoms with van der Waals surface area (Å²) in [6.07, 6.45) is 11.0. The van der Waals surface area contributed by atoms with Gasteiger partial charge in [0.15, 0.2) is 5.82 Å². The quantitative estimate of drug-likeness (QED) is 0.415. The summed E-state index contributed by atoms with van der Waals surface area (Å²) in [7, 11) is 0. The molecule has 3 aliphatic rings. The second kappa shape index (κ2) is 8.86. The average Bonchev–Trinajstić information content (AvgIpc) is 3.64. The number of ether oxygens (including phenoxy) is 1. The summed E-state index contributed by atoms with van der Waals surface area (Å²) in [6.45, 7) is 4.37. The Labute approximate surface area is 213 Å². The largest absolute Gasteiger partial charge is 0.461 e. The molecule has 3 aliphatic heterocycles. The van der Waals surface area contributed by atoms with Crippen LogP contribution in [0.2, 0.25) is 0 Å². The Morgan fingerprint density at radius 3 is 2.54 bits per heavy atom. The van der Waals surface area contributed by atoms with Gasteiger partial charge in [-0.25, -0.2) is 8.78 Å². The van der Waals surface area contributed by atoms with Gasteiger partial charge in [0.05, 0.1) is 22.6 Å². The molecule has 3 aromatic heterocycles. The second-order valence-corrected chi connectivity index (χ2v) is 10.6. The summed E-state index contributed by atoms with van der Waals surface area (Å²) in [5.41, 5.74) is 1.01. The summed E-state index contributed by atoms with van der Waals surface area (Å²) in [6, 6.07) is 2.81. The number of hydrogen-bond donors (Lipinski definition) is 1. The molecule has 0 atom stereocenters. The molecule has 10 heteroatoms. The van der Waals surface area contributed by atoms with Crippen molar-refractivity contribution < 1.29 is 13.5 Å². The Kier molecular flexibility index (Phi) is 5.46. The maximum absolute atomic E-state index is 16.2. The van der Waals surface area contributed by atoms with Crippen LogP contribution in [-0.4, -0.2) is 68.4 Å². The molecule has 3 fully saturated rings. The molecule has 6 heterocycles. The molecule has 0 unspecified atom stereocenters. The molecule has 0 saturated carbocycles. The van der Waals surface area contributed by atoms with Gasteiger partial charge in [0, 0.05) is 30.2 Å². The molecular weight excluding hydrogens is 476 g/mol. The van der Waals surface area contributed by atoms with E-state index < -0.39 is 11.6 Å². The topological polar surface area (TPSA) is 83.1 Å². The van der Waals surface area contributed by atoms with Gasteiger partial charge in [-0.05, 0) is 70.2 Å². The van der Waals surface area contributed by atoms with Gasteiger partial charge in [-0.3, -0.25) is 15.0 Å². The van der Waals surface area contributed by atoms with Crippen molar-refractivity contribution in [3.8, 4) is 17.3 Å². The van der Waals surface area contributed by atoms with Gasteiger partial charge in [0.1, 0.15) is 29.5 Å². The number of hydrogen-bond acceptors (Lipinski definition) is 7. The number of benzene rings is 1. The van der Waals surface area contributed by atoms with E-state index in [1.54, 1.807) is 12.4 Å². The van der Waals surface area contributed by atoms with E-state index in [0.717, 1.165) is 58.3 Å². The van der Waals surface area contributed by atoms with Crippen LogP contribution in [0.4, 0.5) is 14.6 Å². The van der Waals surface area contributed by atoms with Crippen LogP contribution in [0.15, 0.2) is 24.5 Å². The Morgan fingerprint density at radius 1 is 0.919 bits per heavy atom. The van der Waals surface area contributed by atoms with Crippen molar-refractivity contribution >= 4 is 27.6 Å². The fourth-order valence-electron chi connectivity index (χ4n) is 6.49. The first kappa shape index (κ1) is 22.8. The molecule has 0 aliphatic carbocycles. The van der Waals surface area contributed by atoms with E-state index in [1.807, 2.05) is 0 Å². The van der Waals surface area contributed by atoms with E-state index in [1.165, 1.54) is 25.0 Å². The van der Waals surface area contributed by atoms with E-state index in [2.05, 4.69) is 30.0 Å². The second-order valence-electron chi connectivity index (χ2n) is 10.6. The van der Waals surface area contributed by atoms with Crippen molar-refractivity contribution in [2.45, 2.75) is 50.5 Å². The van der Waals surface area contributed by atoms with Crippen LogP contribution >= 0.6 is 0 Å². The first-order valence-corrected chi connectivity index (χ1v) is 13.2. The van der Waals surface area contributed by atoms with Crippen LogP contribution in [0, 0.1) is 11.6 Å². The van der Waals surface area contributed by atoms with Gasteiger partial charge in [-0.1, -0.05) is 0 Å². The maximum Gasteiger partial charge on any atom is 0.319 e. The lowest BCUT2D eigenvalue weighted by Gasteiger charge is -2.32. The number of nitrogens with zero attached hydrogens (tertiary/aromatic N) is 6. The number of H-pyrrole nitrogens is 1. The summed E-state index contributed by atoms with van der Waals surface area (Å²) < 4.78 is 36.9. The molecule has 0 bridgehead atoms. The molecule has 0 amide bonds. The fourth-order valence-corrected chi connectivity index (χ4v) is 6.49. The highest BCUT2D eigenvalue weighted by Gasteiger charge is 2.45. The lowest BCUT2D eigenvalue weighted by molar-refractivity contribution is 0.108. The number of rotatable bonds is 5. The Morgan fingerprint density at radius 2 is 1.73 bits per heavy atom. The highest BCUT2D eigenvalue weighted by molar-refractivity contribution is 5.97. The van der Waals surface area contributed by atoms with Crippen molar-refractivity contribution in [1.29, 1.82) is 0 Å². The van der Waals surface area contributed by atoms with Gasteiger partial charge in [0.25, 0.3) is 0 Å². The number of pyridine rings is 1. The molecule has 1 aromatic carbocycles. The number of halogens is 2. The molecule has 8 nitrogen and oxygen atoms in total. The Hall–Kier alpha value is -3.40. The average molecular weight is 506 g/mol. The minimum atomic E-state index is -0.613. The molecule has 37 heavy (non-hydrogen) atoms. The van der Waals surface area contributed by atoms with E-state index in [9.17, 15) is 4.39 Å². The zero-order valence-electron chi connectivity index (χ0n) is 20.6. The van der Waals surface area contributed by atoms with Gasteiger partial charge in [-0.2, -0.15) is 15.1 Å². The first-order chi connectivity index (χ1) is 18.1. The van der Waals surface area contributed by atoms with Crippen molar-refractivity contribution in [1.82, 2.24) is 30.0 Å². The molecule has 0 spiro atoms. The third kappa shape index (κ3) is 3.80. The lowest BCUT2D eigenvalue weighted by atomic mass is 9.95. The minimum Gasteiger partial charge on any atom is -0.461 e. The summed E-state index contributed by atoms with van der Waals surface area (Å²) in [5, 5.41) is 7.88. The van der Waals surface area contributed by atoms with Crippen LogP contribution in [0.25, 0.3) is 33.1 Å². The van der Waals surface area contributed by atoms with Gasteiger partial charge in [0.2, 0.25) is 0 Å². The van der Waals surface area contributed by atoms with E-state index in [-0.39, 0.29) is 22.8 Å². The van der Waals surface area contributed by atoms with Crippen LogP contribution in [0.3, 0.4) is 0 Å². The zero-order valence-corrected chi connectivity index (χ0v) is 20.6. The van der Waals surface area contributed by atoms with Crippen molar-refractivity contribution in [3.63, 3.8) is 0 Å². The minimum absolute atomic E-state index is 0.0278. The van der Waals surface area contributed by atoms with Crippen LogP contribution in [-0.2, 0) is 0 Å². The van der Waals surface area contributed by atoms with Crippen molar-refractivity contribution in [2.75, 3.05) is 37.7 Å². The van der Waals surface area contributed by atoms with Crippen LogP contribution in [0.1, 0.15) is 44.9 Å². The van der Waals surface area contributed by atoms with Gasteiger partial charge < -0.3 is 9.64 Å². The highest BCUT2D eigenvalue weighted by atomic mass is 19.1. The zero-order chi connectivity index (χ0) is 25.0. The molecule has 1 N–H and O–H groups in total. The number of aromatic nitrogens is 5. The number of piperidine rings is 1. The van der Waals surface area contributed by atoms with E-state index in [4.69, 9.17) is 9.72 Å². The molecule has 192 valence electrons. The standard InChI is InChI=1S/C27H29F2N7O/c28-17-12-18(19-15-31-34-21(19)13-17)23-22(29)24-20(14-30-23)25(35-8-2-1-3-9-35)33-26(32-24)37-16-27-6-4-10-36(27)11-5-7-27/h12-15H,1-11,16H2,(H,31,34). The van der Waals surface area contributed by atoms with Crippen LogP contribution < -0.4 is 9.64 Å². The third-order valence-corrected chi connectivity index (χ3v) is 8.36. The van der Waals surface area contributed by atoms with E-state index >= 15 is 4.39 Å². The fraction of sp³-hybridized carbons (Fsp3) is 0.481. The van der Waals surface area contributed by atoms with Crippen LogP contribution in [0.5, 0.6) is 6.01 Å². The molecule has 3 saturated heterocycles. The van der Waals surface area contributed by atoms with Gasteiger partial charge >= 0.3 is 6.01 Å². The van der Waals surface area contributed by atoms with Gasteiger partial charge in [-0.15, -0.1) is 0 Å². The number of anilines is 1. The summed E-state index contributed by atoms with van der Waals surface area (Å²) >= 11 is 0. The third-order valence-electron chi connectivity index (χ3n) is 8.36. The summed E-state index contributed by atoms with van der Waals surface area (Å²) in [4.78, 5) is 18.5. The Bertz CT molecular complexity index is 1470. The van der Waals surface area contributed by atoms with Crippen molar-refractivity contribution in [3.05, 3.63) is 36.2 Å². The monoisotopic (exact) mass is 505 g/mol.